The summed E-state index contributed by atoms with van der Waals surface area (Å²) in [5.74, 6) is 1.73. The maximum atomic E-state index is 10.8. The second kappa shape index (κ2) is 8.77. The third kappa shape index (κ3) is 5.57. The van der Waals surface area contributed by atoms with Crippen molar-refractivity contribution in [1.82, 2.24) is 0 Å². The van der Waals surface area contributed by atoms with E-state index in [1.807, 2.05) is 6.08 Å². The van der Waals surface area contributed by atoms with Gasteiger partial charge in [0.1, 0.15) is 0 Å². The maximum absolute atomic E-state index is 10.8. The Balaban J connectivity index is 2.42. The van der Waals surface area contributed by atoms with Gasteiger partial charge in [0.05, 0.1) is 6.10 Å². The second-order valence-electron chi connectivity index (χ2n) is 10.0. The average Bonchev–Trinajstić information content (AvgIpc) is 2.52. The lowest BCUT2D eigenvalue weighted by Gasteiger charge is -2.52. The van der Waals surface area contributed by atoms with Gasteiger partial charge in [0.25, 0.3) is 0 Å². The lowest BCUT2D eigenvalue weighted by atomic mass is 9.53. The summed E-state index contributed by atoms with van der Waals surface area (Å²) in [6, 6.07) is 0. The number of fused-ring (bicyclic) bond motifs is 1. The van der Waals surface area contributed by atoms with Crippen molar-refractivity contribution in [3.63, 3.8) is 0 Å². The topological polar surface area (TPSA) is 57.5 Å². The highest BCUT2D eigenvalue weighted by atomic mass is 16.4. The van der Waals surface area contributed by atoms with Crippen molar-refractivity contribution >= 4 is 5.97 Å². The summed E-state index contributed by atoms with van der Waals surface area (Å²) in [5.41, 5.74) is 1.56. The fraction of sp³-hybridized carbons (Fsp3) is 0.708. The highest BCUT2D eigenvalue weighted by Crippen LogP contribution is 2.53. The molecule has 152 valence electrons. The van der Waals surface area contributed by atoms with Crippen molar-refractivity contribution in [3.05, 3.63) is 36.0 Å². The Morgan fingerprint density at radius 2 is 1.74 bits per heavy atom. The van der Waals surface area contributed by atoms with Gasteiger partial charge in [-0.05, 0) is 67.1 Å². The van der Waals surface area contributed by atoms with Crippen molar-refractivity contribution in [2.75, 3.05) is 0 Å². The van der Waals surface area contributed by atoms with Crippen LogP contribution in [0.1, 0.15) is 60.8 Å². The van der Waals surface area contributed by atoms with E-state index in [0.29, 0.717) is 35.5 Å². The van der Waals surface area contributed by atoms with E-state index in [1.165, 1.54) is 11.6 Å². The minimum Gasteiger partial charge on any atom is -0.478 e. The van der Waals surface area contributed by atoms with Crippen molar-refractivity contribution in [1.29, 1.82) is 0 Å². The quantitative estimate of drug-likeness (QED) is 0.390. The molecule has 0 aromatic heterocycles. The van der Waals surface area contributed by atoms with E-state index in [2.05, 4.69) is 53.7 Å². The van der Waals surface area contributed by atoms with Gasteiger partial charge < -0.3 is 10.2 Å². The first kappa shape index (κ1) is 21.9. The largest absolute Gasteiger partial charge is 0.478 e. The van der Waals surface area contributed by atoms with Gasteiger partial charge in [-0.2, -0.15) is 0 Å². The number of allylic oxidation sites excluding steroid dienone is 5. The summed E-state index contributed by atoms with van der Waals surface area (Å²) >= 11 is 0. The van der Waals surface area contributed by atoms with Crippen molar-refractivity contribution in [2.45, 2.75) is 66.9 Å². The van der Waals surface area contributed by atoms with Crippen LogP contribution in [-0.2, 0) is 4.79 Å². The molecule has 0 spiro atoms. The Morgan fingerprint density at radius 1 is 1.07 bits per heavy atom. The molecule has 27 heavy (non-hydrogen) atoms. The lowest BCUT2D eigenvalue weighted by molar-refractivity contribution is -0.131. The number of carbonyl (C=O) groups is 1. The van der Waals surface area contributed by atoms with Crippen LogP contribution >= 0.6 is 0 Å². The van der Waals surface area contributed by atoms with Crippen LogP contribution in [0.25, 0.3) is 0 Å². The molecule has 0 unspecified atom stereocenters. The molecule has 7 atom stereocenters. The van der Waals surface area contributed by atoms with Crippen LogP contribution in [-0.4, -0.2) is 22.3 Å². The van der Waals surface area contributed by atoms with Gasteiger partial charge in [0, 0.05) is 6.08 Å². The molecule has 2 aliphatic rings. The number of carboxylic acid groups (broad SMARTS) is 1. The molecule has 0 aliphatic heterocycles. The molecule has 3 heteroatoms. The van der Waals surface area contributed by atoms with E-state index in [9.17, 15) is 9.90 Å². The van der Waals surface area contributed by atoms with Crippen molar-refractivity contribution in [2.24, 2.45) is 40.9 Å². The van der Waals surface area contributed by atoms with Gasteiger partial charge >= 0.3 is 5.97 Å². The van der Waals surface area contributed by atoms with Crippen LogP contribution in [0.2, 0.25) is 0 Å². The lowest BCUT2D eigenvalue weighted by Crippen LogP contribution is -2.49. The zero-order valence-electron chi connectivity index (χ0n) is 17.9. The van der Waals surface area contributed by atoms with Crippen LogP contribution in [0.5, 0.6) is 0 Å². The summed E-state index contributed by atoms with van der Waals surface area (Å²) in [6.07, 6.45) is 12.2. The second-order valence-corrected chi connectivity index (χ2v) is 10.0. The standard InChI is InChI=1S/C24H38O3/c1-15-11-12-20(25)19-13-16(2)22(17(3)14-24(4,5)6)18(23(15)19)9-7-8-10-21(26)27/h7-10,14-16,18-20,22-23,25H,11-13H2,1-6H3,(H,26,27)/b9-7+,10-8+,17-14+/t15-,16-,18+,19-,20-,22-,23-/m0/s1. The van der Waals surface area contributed by atoms with Crippen molar-refractivity contribution < 1.29 is 15.0 Å². The number of hydrogen-bond acceptors (Lipinski definition) is 2. The summed E-state index contributed by atoms with van der Waals surface area (Å²) in [4.78, 5) is 10.8. The van der Waals surface area contributed by atoms with E-state index < -0.39 is 5.97 Å². The molecule has 2 rings (SSSR count). The van der Waals surface area contributed by atoms with Gasteiger partial charge in [0.2, 0.25) is 0 Å². The van der Waals surface area contributed by atoms with E-state index in [4.69, 9.17) is 5.11 Å². The predicted octanol–water partition coefficient (Wildman–Crippen LogP) is 5.47. The molecular weight excluding hydrogens is 336 g/mol. The van der Waals surface area contributed by atoms with Gasteiger partial charge in [-0.25, -0.2) is 4.79 Å². The van der Waals surface area contributed by atoms with E-state index in [1.54, 1.807) is 6.08 Å². The summed E-state index contributed by atoms with van der Waals surface area (Å²) < 4.78 is 0. The van der Waals surface area contributed by atoms with Crippen LogP contribution < -0.4 is 0 Å². The Kier molecular flexibility index (Phi) is 7.13. The van der Waals surface area contributed by atoms with Crippen LogP contribution in [0.3, 0.4) is 0 Å². The first-order valence-electron chi connectivity index (χ1n) is 10.5. The molecule has 0 aromatic rings. The monoisotopic (exact) mass is 374 g/mol. The first-order chi connectivity index (χ1) is 12.5. The molecule has 0 amide bonds. The molecule has 0 bridgehead atoms. The van der Waals surface area contributed by atoms with Crippen molar-refractivity contribution in [3.8, 4) is 0 Å². The Labute approximate surface area is 165 Å². The maximum Gasteiger partial charge on any atom is 0.328 e. The normalized spacial score (nSPS) is 38.3. The number of hydrogen-bond donors (Lipinski definition) is 2. The Hall–Kier alpha value is -1.35. The number of carboxylic acids is 1. The highest BCUT2D eigenvalue weighted by Gasteiger charge is 2.48. The van der Waals surface area contributed by atoms with Crippen LogP contribution in [0.4, 0.5) is 0 Å². The molecular formula is C24H38O3. The van der Waals surface area contributed by atoms with Gasteiger partial charge in [0.15, 0.2) is 0 Å². The molecule has 2 fully saturated rings. The minimum atomic E-state index is -0.920. The third-order valence-corrected chi connectivity index (χ3v) is 6.55. The smallest absolute Gasteiger partial charge is 0.328 e. The Morgan fingerprint density at radius 3 is 2.33 bits per heavy atom. The Bertz CT molecular complexity index is 608. The fourth-order valence-corrected chi connectivity index (χ4v) is 5.80. The number of aliphatic hydroxyl groups is 1. The minimum absolute atomic E-state index is 0.135. The molecule has 2 aliphatic carbocycles. The summed E-state index contributed by atoms with van der Waals surface area (Å²) in [7, 11) is 0. The molecule has 2 N–H and O–H groups in total. The average molecular weight is 375 g/mol. The highest BCUT2D eigenvalue weighted by molar-refractivity contribution is 5.80. The van der Waals surface area contributed by atoms with Gasteiger partial charge in [-0.15, -0.1) is 0 Å². The molecule has 2 saturated carbocycles. The SMILES string of the molecule is C/C(=C\C(C)(C)C)[C@H]1[C@@H](/C=C/C=C/C(=O)O)[C@H]2[C@@H](C[C@@H]1C)[C@@H](O)CC[C@@H]2C. The van der Waals surface area contributed by atoms with Crippen LogP contribution in [0, 0.1) is 40.9 Å². The number of rotatable bonds is 4. The molecule has 0 saturated heterocycles. The van der Waals surface area contributed by atoms with Gasteiger partial charge in [-0.3, -0.25) is 0 Å². The molecule has 3 nitrogen and oxygen atoms in total. The van der Waals surface area contributed by atoms with Crippen LogP contribution in [0.15, 0.2) is 36.0 Å². The predicted molar refractivity (Wildman–Crippen MR) is 111 cm³/mol. The molecule has 0 heterocycles. The fourth-order valence-electron chi connectivity index (χ4n) is 5.80. The zero-order chi connectivity index (χ0) is 20.4. The summed E-state index contributed by atoms with van der Waals surface area (Å²) in [6.45, 7) is 13.6. The van der Waals surface area contributed by atoms with E-state index >= 15 is 0 Å². The summed E-state index contributed by atoms with van der Waals surface area (Å²) in [5, 5.41) is 19.5. The van der Waals surface area contributed by atoms with E-state index in [0.717, 1.165) is 19.3 Å². The zero-order valence-corrected chi connectivity index (χ0v) is 17.9. The first-order valence-corrected chi connectivity index (χ1v) is 10.5. The number of aliphatic carboxylic acids is 1. The molecule has 0 aromatic carbocycles. The van der Waals surface area contributed by atoms with E-state index in [-0.39, 0.29) is 11.5 Å². The van der Waals surface area contributed by atoms with Gasteiger partial charge in [-0.1, -0.05) is 64.5 Å². The number of aliphatic hydroxyl groups excluding tert-OH is 1. The molecule has 0 radical (unpaired) electrons. The third-order valence-electron chi connectivity index (χ3n) is 6.55.